The maximum Gasteiger partial charge on any atom is 0.168 e. The van der Waals surface area contributed by atoms with Gasteiger partial charge in [0.2, 0.25) is 0 Å². The van der Waals surface area contributed by atoms with E-state index in [-0.39, 0.29) is 6.04 Å². The monoisotopic (exact) mass is 343 g/mol. The van der Waals surface area contributed by atoms with E-state index in [1.54, 1.807) is 12.3 Å². The van der Waals surface area contributed by atoms with Gasteiger partial charge in [-0.1, -0.05) is 40.5 Å². The molecule has 6 heteroatoms. The van der Waals surface area contributed by atoms with Gasteiger partial charge < -0.3 is 4.52 Å². The van der Waals surface area contributed by atoms with Gasteiger partial charge in [0, 0.05) is 21.7 Å². The van der Waals surface area contributed by atoms with Crippen LogP contribution in [-0.4, -0.2) is 15.9 Å². The second-order valence-corrected chi connectivity index (χ2v) is 6.12. The van der Waals surface area contributed by atoms with Gasteiger partial charge in [-0.05, 0) is 31.2 Å². The predicted molar refractivity (Wildman–Crippen MR) is 90.3 cm³/mol. The molecule has 1 unspecified atom stereocenters. The van der Waals surface area contributed by atoms with Gasteiger partial charge in [-0.25, -0.2) is 4.98 Å². The molecule has 1 aliphatic rings. The Labute approximate surface area is 142 Å². The van der Waals surface area contributed by atoms with Crippen molar-refractivity contribution in [2.24, 2.45) is 4.99 Å². The molecule has 1 aliphatic heterocycles. The van der Waals surface area contributed by atoms with Crippen LogP contribution in [0.1, 0.15) is 30.0 Å². The van der Waals surface area contributed by atoms with Crippen LogP contribution in [0.2, 0.25) is 10.2 Å². The number of aromatic nitrogens is 2. The van der Waals surface area contributed by atoms with Crippen molar-refractivity contribution in [3.05, 3.63) is 69.8 Å². The second kappa shape index (κ2) is 5.48. The standard InChI is InChI=1S/C17H11Cl2N3O/c1-9-17-13(8-20-23-17)12-6-7-14(19)22-16(12)15(21-9)10-2-4-11(18)5-3-10/h2-9H,1H3. The van der Waals surface area contributed by atoms with Gasteiger partial charge in [0.1, 0.15) is 11.2 Å². The van der Waals surface area contributed by atoms with E-state index < -0.39 is 0 Å². The van der Waals surface area contributed by atoms with Gasteiger partial charge >= 0.3 is 0 Å². The third kappa shape index (κ3) is 2.44. The van der Waals surface area contributed by atoms with E-state index in [0.717, 1.165) is 28.2 Å². The fourth-order valence-corrected chi connectivity index (χ4v) is 2.99. The third-order valence-corrected chi connectivity index (χ3v) is 4.26. The number of aliphatic imine (C=N–C) groups is 1. The van der Waals surface area contributed by atoms with Gasteiger partial charge in [0.15, 0.2) is 5.76 Å². The normalized spacial score (nSPS) is 16.3. The van der Waals surface area contributed by atoms with Crippen LogP contribution in [0.4, 0.5) is 0 Å². The summed E-state index contributed by atoms with van der Waals surface area (Å²) in [4.78, 5) is 9.29. The van der Waals surface area contributed by atoms with Gasteiger partial charge in [-0.15, -0.1) is 0 Å². The third-order valence-electron chi connectivity index (χ3n) is 3.79. The highest BCUT2D eigenvalue weighted by atomic mass is 35.5. The molecule has 0 saturated heterocycles. The van der Waals surface area contributed by atoms with Crippen LogP contribution in [-0.2, 0) is 0 Å². The molecule has 114 valence electrons. The molecule has 1 aromatic carbocycles. The lowest BCUT2D eigenvalue weighted by Gasteiger charge is -2.10. The van der Waals surface area contributed by atoms with E-state index in [1.807, 2.05) is 37.3 Å². The molecular formula is C17H11Cl2N3O. The minimum atomic E-state index is -0.175. The molecule has 1 atom stereocenters. The zero-order chi connectivity index (χ0) is 16.0. The van der Waals surface area contributed by atoms with Gasteiger partial charge in [-0.2, -0.15) is 0 Å². The lowest BCUT2D eigenvalue weighted by molar-refractivity contribution is 0.369. The highest BCUT2D eigenvalue weighted by Gasteiger charge is 2.27. The maximum absolute atomic E-state index is 6.12. The topological polar surface area (TPSA) is 51.3 Å². The minimum Gasteiger partial charge on any atom is -0.358 e. The molecule has 0 bridgehead atoms. The van der Waals surface area contributed by atoms with Crippen LogP contribution in [0.25, 0.3) is 11.1 Å². The van der Waals surface area contributed by atoms with Crippen molar-refractivity contribution in [2.45, 2.75) is 13.0 Å². The second-order valence-electron chi connectivity index (χ2n) is 5.29. The highest BCUT2D eigenvalue weighted by Crippen LogP contribution is 2.37. The Morgan fingerprint density at radius 2 is 1.78 bits per heavy atom. The van der Waals surface area contributed by atoms with Gasteiger partial charge in [-0.3, -0.25) is 4.99 Å². The number of pyridine rings is 1. The zero-order valence-corrected chi connectivity index (χ0v) is 13.6. The van der Waals surface area contributed by atoms with Crippen molar-refractivity contribution < 1.29 is 4.52 Å². The van der Waals surface area contributed by atoms with Crippen LogP contribution in [0, 0.1) is 0 Å². The molecule has 0 saturated carbocycles. The van der Waals surface area contributed by atoms with Gasteiger partial charge in [0.25, 0.3) is 0 Å². The average Bonchev–Trinajstić information content (AvgIpc) is 2.99. The number of benzene rings is 1. The fourth-order valence-electron chi connectivity index (χ4n) is 2.72. The average molecular weight is 344 g/mol. The molecular weight excluding hydrogens is 333 g/mol. The molecule has 0 spiro atoms. The smallest absolute Gasteiger partial charge is 0.168 e. The number of nitrogens with zero attached hydrogens (tertiary/aromatic N) is 3. The number of rotatable bonds is 1. The molecule has 0 fully saturated rings. The lowest BCUT2D eigenvalue weighted by atomic mass is 9.99. The van der Waals surface area contributed by atoms with E-state index in [0.29, 0.717) is 15.9 Å². The maximum atomic E-state index is 6.12. The number of hydrogen-bond donors (Lipinski definition) is 0. The number of fused-ring (bicyclic) bond motifs is 3. The minimum absolute atomic E-state index is 0.175. The van der Waals surface area contributed by atoms with Crippen molar-refractivity contribution in [3.8, 4) is 11.1 Å². The Kier molecular flexibility index (Phi) is 3.43. The Morgan fingerprint density at radius 1 is 1.00 bits per heavy atom. The van der Waals surface area contributed by atoms with Crippen LogP contribution in [0.5, 0.6) is 0 Å². The first-order valence-electron chi connectivity index (χ1n) is 7.09. The molecule has 3 heterocycles. The molecule has 0 aliphatic carbocycles. The van der Waals surface area contributed by atoms with Crippen molar-refractivity contribution >= 4 is 28.9 Å². The first kappa shape index (κ1) is 14.4. The SMILES string of the molecule is CC1N=C(c2ccc(Cl)cc2)c2nc(Cl)ccc2-c2cnoc21. The summed E-state index contributed by atoms with van der Waals surface area (Å²) >= 11 is 12.1. The van der Waals surface area contributed by atoms with E-state index in [9.17, 15) is 0 Å². The summed E-state index contributed by atoms with van der Waals surface area (Å²) in [7, 11) is 0. The fraction of sp³-hybridized carbons (Fsp3) is 0.118. The zero-order valence-electron chi connectivity index (χ0n) is 12.1. The van der Waals surface area contributed by atoms with Crippen LogP contribution < -0.4 is 0 Å². The van der Waals surface area contributed by atoms with Crippen molar-refractivity contribution in [1.29, 1.82) is 0 Å². The summed E-state index contributed by atoms with van der Waals surface area (Å²) in [5, 5.41) is 4.99. The predicted octanol–water partition coefficient (Wildman–Crippen LogP) is 4.96. The van der Waals surface area contributed by atoms with Crippen LogP contribution in [0.15, 0.2) is 52.1 Å². The summed E-state index contributed by atoms with van der Waals surface area (Å²) in [5.41, 5.74) is 4.20. The van der Waals surface area contributed by atoms with Gasteiger partial charge in [0.05, 0.1) is 17.6 Å². The number of halogens is 2. The van der Waals surface area contributed by atoms with Crippen LogP contribution in [0.3, 0.4) is 0 Å². The molecule has 4 rings (SSSR count). The Morgan fingerprint density at radius 3 is 2.57 bits per heavy atom. The van der Waals surface area contributed by atoms with Crippen LogP contribution >= 0.6 is 23.2 Å². The van der Waals surface area contributed by atoms with Crippen molar-refractivity contribution in [2.75, 3.05) is 0 Å². The summed E-state index contributed by atoms with van der Waals surface area (Å²) in [6.07, 6.45) is 1.70. The quantitative estimate of drug-likeness (QED) is 0.587. The Balaban J connectivity index is 2.00. The van der Waals surface area contributed by atoms with Crippen molar-refractivity contribution in [1.82, 2.24) is 10.1 Å². The molecule has 0 N–H and O–H groups in total. The van der Waals surface area contributed by atoms with E-state index in [4.69, 9.17) is 32.7 Å². The van der Waals surface area contributed by atoms with Crippen molar-refractivity contribution in [3.63, 3.8) is 0 Å². The Hall–Kier alpha value is -2.17. The van der Waals surface area contributed by atoms with E-state index in [2.05, 4.69) is 10.1 Å². The highest BCUT2D eigenvalue weighted by molar-refractivity contribution is 6.31. The summed E-state index contributed by atoms with van der Waals surface area (Å²) in [5.74, 6) is 0.722. The molecule has 23 heavy (non-hydrogen) atoms. The first-order chi connectivity index (χ1) is 11.1. The Bertz CT molecular complexity index is 916. The van der Waals surface area contributed by atoms with E-state index in [1.165, 1.54) is 0 Å². The molecule has 0 radical (unpaired) electrons. The molecule has 4 nitrogen and oxygen atoms in total. The molecule has 2 aromatic heterocycles. The molecule has 3 aromatic rings. The first-order valence-corrected chi connectivity index (χ1v) is 7.84. The lowest BCUT2D eigenvalue weighted by Crippen LogP contribution is -2.08. The summed E-state index contributed by atoms with van der Waals surface area (Å²) < 4.78 is 5.40. The van der Waals surface area contributed by atoms with E-state index >= 15 is 0 Å². The number of hydrogen-bond acceptors (Lipinski definition) is 4. The largest absolute Gasteiger partial charge is 0.358 e. The summed E-state index contributed by atoms with van der Waals surface area (Å²) in [6.45, 7) is 1.97. The molecule has 0 amide bonds. The summed E-state index contributed by atoms with van der Waals surface area (Å²) in [6, 6.07) is 11.0.